The molecule has 0 spiro atoms. The van der Waals surface area contributed by atoms with Crippen molar-refractivity contribution in [1.29, 1.82) is 0 Å². The Hall–Kier alpha value is -2.07. The van der Waals surface area contributed by atoms with E-state index in [1.807, 2.05) is 32.0 Å². The van der Waals surface area contributed by atoms with E-state index in [0.717, 1.165) is 5.56 Å². The van der Waals surface area contributed by atoms with Crippen LogP contribution in [-0.2, 0) is 0 Å². The summed E-state index contributed by atoms with van der Waals surface area (Å²) in [7, 11) is 0. The van der Waals surface area contributed by atoms with Gasteiger partial charge >= 0.3 is 6.03 Å². The lowest BCUT2D eigenvalue weighted by Crippen LogP contribution is -2.21. The average molecular weight is 307 g/mol. The van der Waals surface area contributed by atoms with Crippen molar-refractivity contribution < 1.29 is 9.18 Å². The predicted octanol–water partition coefficient (Wildman–Crippen LogP) is 5.25. The van der Waals surface area contributed by atoms with Crippen molar-refractivity contribution in [2.75, 3.05) is 10.6 Å². The van der Waals surface area contributed by atoms with Crippen LogP contribution < -0.4 is 10.6 Å². The average Bonchev–Trinajstić information content (AvgIpc) is 2.43. The molecule has 0 fully saturated rings. The molecule has 0 heterocycles. The first-order valence-corrected chi connectivity index (χ1v) is 6.97. The van der Waals surface area contributed by atoms with Crippen LogP contribution in [-0.4, -0.2) is 6.03 Å². The van der Waals surface area contributed by atoms with Crippen molar-refractivity contribution >= 4 is 29.0 Å². The monoisotopic (exact) mass is 306 g/mol. The van der Waals surface area contributed by atoms with Crippen molar-refractivity contribution in [3.63, 3.8) is 0 Å². The van der Waals surface area contributed by atoms with E-state index in [4.69, 9.17) is 11.6 Å². The van der Waals surface area contributed by atoms with Crippen LogP contribution >= 0.6 is 11.6 Å². The van der Waals surface area contributed by atoms with E-state index in [0.29, 0.717) is 5.69 Å². The molecule has 0 atom stereocenters. The van der Waals surface area contributed by atoms with Gasteiger partial charge in [-0.25, -0.2) is 9.18 Å². The molecule has 21 heavy (non-hydrogen) atoms. The summed E-state index contributed by atoms with van der Waals surface area (Å²) in [5.74, 6) is -0.312. The molecule has 2 aromatic rings. The molecular weight excluding hydrogens is 291 g/mol. The molecular formula is C16H16ClFN2O. The molecule has 0 saturated heterocycles. The number of rotatable bonds is 3. The van der Waals surface area contributed by atoms with E-state index in [1.165, 1.54) is 18.2 Å². The van der Waals surface area contributed by atoms with Crippen LogP contribution in [0.4, 0.5) is 20.6 Å². The first kappa shape index (κ1) is 15.3. The minimum atomic E-state index is -0.574. The summed E-state index contributed by atoms with van der Waals surface area (Å²) < 4.78 is 13.6. The van der Waals surface area contributed by atoms with Crippen molar-refractivity contribution in [1.82, 2.24) is 0 Å². The standard InChI is InChI=1S/C16H16ClFN2O/c1-10(2)11-6-3-4-9-14(11)19-16(21)20-15-12(17)7-5-8-13(15)18/h3-10H,1-2H3,(H2,19,20,21). The highest BCUT2D eigenvalue weighted by Crippen LogP contribution is 2.26. The molecule has 0 unspecified atom stereocenters. The topological polar surface area (TPSA) is 41.1 Å². The van der Waals surface area contributed by atoms with E-state index in [1.54, 1.807) is 6.07 Å². The fourth-order valence-corrected chi connectivity index (χ4v) is 2.21. The van der Waals surface area contributed by atoms with Crippen molar-refractivity contribution in [3.05, 3.63) is 58.9 Å². The first-order valence-electron chi connectivity index (χ1n) is 6.60. The Balaban J connectivity index is 2.16. The Bertz CT molecular complexity index is 638. The zero-order valence-electron chi connectivity index (χ0n) is 11.8. The van der Waals surface area contributed by atoms with Crippen LogP contribution in [0, 0.1) is 5.82 Å². The zero-order valence-corrected chi connectivity index (χ0v) is 12.5. The summed E-state index contributed by atoms with van der Waals surface area (Å²) in [6, 6.07) is 11.2. The number of para-hydroxylation sites is 2. The molecule has 2 rings (SSSR count). The minimum absolute atomic E-state index is 0.0290. The minimum Gasteiger partial charge on any atom is -0.307 e. The molecule has 0 aliphatic heterocycles. The second kappa shape index (κ2) is 6.59. The molecule has 0 aliphatic carbocycles. The van der Waals surface area contributed by atoms with Crippen LogP contribution in [0.25, 0.3) is 0 Å². The highest BCUT2D eigenvalue weighted by Gasteiger charge is 2.12. The first-order chi connectivity index (χ1) is 9.99. The molecule has 3 nitrogen and oxygen atoms in total. The van der Waals surface area contributed by atoms with E-state index >= 15 is 0 Å². The molecule has 2 N–H and O–H groups in total. The molecule has 2 amide bonds. The van der Waals surface area contributed by atoms with Gasteiger partial charge in [0, 0.05) is 5.69 Å². The fourth-order valence-electron chi connectivity index (χ4n) is 2.00. The van der Waals surface area contributed by atoms with E-state index < -0.39 is 11.8 Å². The van der Waals surface area contributed by atoms with Crippen molar-refractivity contribution in [2.45, 2.75) is 19.8 Å². The third-order valence-electron chi connectivity index (χ3n) is 3.03. The third-order valence-corrected chi connectivity index (χ3v) is 3.35. The van der Waals surface area contributed by atoms with Gasteiger partial charge < -0.3 is 10.6 Å². The predicted molar refractivity (Wildman–Crippen MR) is 84.6 cm³/mol. The fraction of sp³-hybridized carbons (Fsp3) is 0.188. The largest absolute Gasteiger partial charge is 0.323 e. The molecule has 110 valence electrons. The lowest BCUT2D eigenvalue weighted by Gasteiger charge is -2.14. The number of carbonyl (C=O) groups excluding carboxylic acids is 1. The van der Waals surface area contributed by atoms with Crippen LogP contribution in [0.5, 0.6) is 0 Å². The number of carbonyl (C=O) groups is 1. The number of anilines is 2. The van der Waals surface area contributed by atoms with E-state index in [9.17, 15) is 9.18 Å². The summed E-state index contributed by atoms with van der Waals surface area (Å²) in [6.07, 6.45) is 0. The number of benzene rings is 2. The van der Waals surface area contributed by atoms with Gasteiger partial charge in [0.25, 0.3) is 0 Å². The molecule has 2 aromatic carbocycles. The van der Waals surface area contributed by atoms with Gasteiger partial charge in [0.05, 0.1) is 10.7 Å². The Morgan fingerprint density at radius 3 is 2.48 bits per heavy atom. The Morgan fingerprint density at radius 2 is 1.81 bits per heavy atom. The van der Waals surface area contributed by atoms with Gasteiger partial charge in [-0.2, -0.15) is 0 Å². The van der Waals surface area contributed by atoms with Gasteiger partial charge in [-0.3, -0.25) is 0 Å². The molecule has 0 aromatic heterocycles. The van der Waals surface area contributed by atoms with Crippen molar-refractivity contribution in [3.8, 4) is 0 Å². The maximum atomic E-state index is 13.6. The highest BCUT2D eigenvalue weighted by molar-refractivity contribution is 6.33. The molecule has 5 heteroatoms. The van der Waals surface area contributed by atoms with E-state index in [2.05, 4.69) is 10.6 Å². The number of nitrogens with one attached hydrogen (secondary N) is 2. The number of amides is 2. The van der Waals surface area contributed by atoms with Crippen molar-refractivity contribution in [2.24, 2.45) is 0 Å². The van der Waals surface area contributed by atoms with Gasteiger partial charge in [-0.15, -0.1) is 0 Å². The Labute approximate surface area is 128 Å². The van der Waals surface area contributed by atoms with Gasteiger partial charge in [0.2, 0.25) is 0 Å². The normalized spacial score (nSPS) is 10.5. The summed E-state index contributed by atoms with van der Waals surface area (Å²) in [5.41, 5.74) is 1.67. The summed E-state index contributed by atoms with van der Waals surface area (Å²) >= 11 is 5.88. The molecule has 0 saturated carbocycles. The third kappa shape index (κ3) is 3.73. The van der Waals surface area contributed by atoms with Gasteiger partial charge in [0.15, 0.2) is 0 Å². The number of hydrogen-bond acceptors (Lipinski definition) is 1. The van der Waals surface area contributed by atoms with Crippen LogP contribution in [0.2, 0.25) is 5.02 Å². The summed E-state index contributed by atoms with van der Waals surface area (Å²) in [4.78, 5) is 12.0. The van der Waals surface area contributed by atoms with Gasteiger partial charge in [-0.05, 0) is 29.7 Å². The van der Waals surface area contributed by atoms with Crippen LogP contribution in [0.3, 0.4) is 0 Å². The maximum absolute atomic E-state index is 13.6. The van der Waals surface area contributed by atoms with Gasteiger partial charge in [-0.1, -0.05) is 49.7 Å². The van der Waals surface area contributed by atoms with Crippen LogP contribution in [0.1, 0.15) is 25.3 Å². The number of hydrogen-bond donors (Lipinski definition) is 2. The van der Waals surface area contributed by atoms with E-state index in [-0.39, 0.29) is 16.6 Å². The van der Waals surface area contributed by atoms with Crippen LogP contribution in [0.15, 0.2) is 42.5 Å². The number of halogens is 2. The van der Waals surface area contributed by atoms with Gasteiger partial charge in [0.1, 0.15) is 5.82 Å². The number of urea groups is 1. The second-order valence-electron chi connectivity index (χ2n) is 4.92. The second-order valence-corrected chi connectivity index (χ2v) is 5.32. The SMILES string of the molecule is CC(C)c1ccccc1NC(=O)Nc1c(F)cccc1Cl. The maximum Gasteiger partial charge on any atom is 0.323 e. The zero-order chi connectivity index (χ0) is 15.4. The lowest BCUT2D eigenvalue weighted by molar-refractivity contribution is 0.262. The highest BCUT2D eigenvalue weighted by atomic mass is 35.5. The molecule has 0 aliphatic rings. The Kier molecular flexibility index (Phi) is 4.81. The summed E-state index contributed by atoms with van der Waals surface area (Å²) in [5, 5.41) is 5.31. The quantitative estimate of drug-likeness (QED) is 0.799. The Morgan fingerprint density at radius 1 is 1.10 bits per heavy atom. The smallest absolute Gasteiger partial charge is 0.307 e. The lowest BCUT2D eigenvalue weighted by atomic mass is 10.0. The molecule has 0 radical (unpaired) electrons. The molecule has 0 bridgehead atoms. The summed E-state index contributed by atoms with van der Waals surface area (Å²) in [6.45, 7) is 4.07.